The molecule has 0 aromatic heterocycles. The molecule has 1 aliphatic heterocycles. The van der Waals surface area contributed by atoms with E-state index in [0.29, 0.717) is 6.42 Å². The summed E-state index contributed by atoms with van der Waals surface area (Å²) in [6.07, 6.45) is -0.861. The van der Waals surface area contributed by atoms with Gasteiger partial charge in [-0.05, 0) is 25.3 Å². The molecule has 1 saturated heterocycles. The Morgan fingerprint density at radius 3 is 2.32 bits per heavy atom. The van der Waals surface area contributed by atoms with Gasteiger partial charge in [0.15, 0.2) is 0 Å². The van der Waals surface area contributed by atoms with Crippen LogP contribution in [-0.2, 0) is 30.4 Å². The summed E-state index contributed by atoms with van der Waals surface area (Å²) in [5, 5.41) is 23.7. The summed E-state index contributed by atoms with van der Waals surface area (Å²) in [7, 11) is 0. The van der Waals surface area contributed by atoms with Gasteiger partial charge >= 0.3 is 5.97 Å². The van der Waals surface area contributed by atoms with Crippen LogP contribution in [0.2, 0.25) is 0 Å². The van der Waals surface area contributed by atoms with Crippen LogP contribution in [0.4, 0.5) is 0 Å². The number of nitrogens with zero attached hydrogens (tertiary/aromatic N) is 1. The maximum absolute atomic E-state index is 13.4. The van der Waals surface area contributed by atoms with E-state index in [-0.39, 0.29) is 19.4 Å². The number of aliphatic hydroxyl groups is 1. The summed E-state index contributed by atoms with van der Waals surface area (Å²) in [4.78, 5) is 62.5. The number of hydrogen-bond donors (Lipinski definition) is 6. The van der Waals surface area contributed by atoms with E-state index in [1.165, 1.54) is 11.8 Å². The van der Waals surface area contributed by atoms with Crippen LogP contribution in [0.25, 0.3) is 0 Å². The van der Waals surface area contributed by atoms with Crippen molar-refractivity contribution in [2.24, 2.45) is 11.5 Å². The standard InChI is InChI=1S/C22H31N5O7/c1-12(28)18(24)20(31)25-14(10-13-6-3-2-4-7-13)21(32)27-9-5-8-16(27)19(30)26-15(22(33)34)11-17(23)29/h2-4,6-7,12,14-16,18,28H,5,8-11,24H2,1H3,(H2,23,29)(H,25,31)(H,26,30)(H,33,34). The van der Waals surface area contributed by atoms with Crippen molar-refractivity contribution < 1.29 is 34.2 Å². The largest absolute Gasteiger partial charge is 0.480 e. The Morgan fingerprint density at radius 2 is 1.76 bits per heavy atom. The summed E-state index contributed by atoms with van der Waals surface area (Å²) < 4.78 is 0. The Morgan fingerprint density at radius 1 is 1.12 bits per heavy atom. The molecule has 0 aliphatic carbocycles. The van der Waals surface area contributed by atoms with Crippen molar-refractivity contribution in [3.05, 3.63) is 35.9 Å². The fourth-order valence-electron chi connectivity index (χ4n) is 3.71. The van der Waals surface area contributed by atoms with Crippen LogP contribution in [0.3, 0.4) is 0 Å². The number of nitrogens with two attached hydrogens (primary N) is 2. The van der Waals surface area contributed by atoms with Gasteiger partial charge in [-0.3, -0.25) is 19.2 Å². The van der Waals surface area contributed by atoms with Gasteiger partial charge in [0.1, 0.15) is 24.2 Å². The maximum Gasteiger partial charge on any atom is 0.326 e. The predicted octanol–water partition coefficient (Wildman–Crippen LogP) is -2.14. The van der Waals surface area contributed by atoms with E-state index in [0.717, 1.165) is 5.56 Å². The molecular formula is C22H31N5O7. The molecule has 5 atom stereocenters. The highest BCUT2D eigenvalue weighted by atomic mass is 16.4. The zero-order valence-electron chi connectivity index (χ0n) is 18.8. The van der Waals surface area contributed by atoms with E-state index in [9.17, 15) is 34.2 Å². The first-order chi connectivity index (χ1) is 16.0. The molecule has 0 bridgehead atoms. The average Bonchev–Trinajstić information content (AvgIpc) is 3.27. The maximum atomic E-state index is 13.4. The number of amides is 4. The van der Waals surface area contributed by atoms with Crippen LogP contribution >= 0.6 is 0 Å². The molecule has 0 spiro atoms. The molecule has 1 aromatic carbocycles. The number of carbonyl (C=O) groups is 5. The number of aliphatic carboxylic acids is 1. The Balaban J connectivity index is 2.22. The lowest BCUT2D eigenvalue weighted by molar-refractivity contribution is -0.146. The average molecular weight is 478 g/mol. The summed E-state index contributed by atoms with van der Waals surface area (Å²) in [6, 6.07) is 4.06. The van der Waals surface area contributed by atoms with Crippen molar-refractivity contribution in [1.82, 2.24) is 15.5 Å². The summed E-state index contributed by atoms with van der Waals surface area (Å²) in [6.45, 7) is 1.57. The second kappa shape index (κ2) is 12.1. The van der Waals surface area contributed by atoms with E-state index >= 15 is 0 Å². The van der Waals surface area contributed by atoms with Crippen molar-refractivity contribution >= 4 is 29.6 Å². The van der Waals surface area contributed by atoms with Crippen LogP contribution in [0.15, 0.2) is 30.3 Å². The zero-order chi connectivity index (χ0) is 25.4. The van der Waals surface area contributed by atoms with Crippen LogP contribution in [0, 0.1) is 0 Å². The minimum absolute atomic E-state index is 0.113. The van der Waals surface area contributed by atoms with Gasteiger partial charge in [-0.2, -0.15) is 0 Å². The molecule has 1 fully saturated rings. The van der Waals surface area contributed by atoms with Crippen LogP contribution in [-0.4, -0.2) is 81.5 Å². The van der Waals surface area contributed by atoms with E-state index < -0.39 is 66.3 Å². The van der Waals surface area contributed by atoms with Crippen LogP contribution in [0.1, 0.15) is 31.7 Å². The lowest BCUT2D eigenvalue weighted by Crippen LogP contribution is -2.58. The van der Waals surface area contributed by atoms with Gasteiger partial charge in [-0.15, -0.1) is 0 Å². The van der Waals surface area contributed by atoms with Crippen molar-refractivity contribution in [2.75, 3.05) is 6.54 Å². The highest BCUT2D eigenvalue weighted by molar-refractivity contribution is 5.95. The Bertz CT molecular complexity index is 908. The monoisotopic (exact) mass is 477 g/mol. The topological polar surface area (TPSA) is 205 Å². The summed E-state index contributed by atoms with van der Waals surface area (Å²) >= 11 is 0. The molecule has 1 heterocycles. The van der Waals surface area contributed by atoms with Gasteiger partial charge in [0.25, 0.3) is 0 Å². The molecule has 12 heteroatoms. The molecular weight excluding hydrogens is 446 g/mol. The van der Waals surface area contributed by atoms with Gasteiger partial charge in [-0.25, -0.2) is 4.79 Å². The quantitative estimate of drug-likeness (QED) is 0.207. The number of carbonyl (C=O) groups excluding carboxylic acids is 4. The number of aliphatic hydroxyl groups excluding tert-OH is 1. The summed E-state index contributed by atoms with van der Waals surface area (Å²) in [5.74, 6) is -4.33. The fourth-order valence-corrected chi connectivity index (χ4v) is 3.71. The number of rotatable bonds is 11. The molecule has 186 valence electrons. The van der Waals surface area contributed by atoms with E-state index in [1.807, 2.05) is 0 Å². The summed E-state index contributed by atoms with van der Waals surface area (Å²) in [5.41, 5.74) is 11.5. The highest BCUT2D eigenvalue weighted by Gasteiger charge is 2.39. The second-order valence-corrected chi connectivity index (χ2v) is 8.28. The van der Waals surface area contributed by atoms with Gasteiger partial charge in [0.2, 0.25) is 23.6 Å². The van der Waals surface area contributed by atoms with E-state index in [1.54, 1.807) is 30.3 Å². The van der Waals surface area contributed by atoms with E-state index in [4.69, 9.17) is 11.5 Å². The smallest absolute Gasteiger partial charge is 0.326 e. The Kier molecular flexibility index (Phi) is 9.51. The minimum Gasteiger partial charge on any atom is -0.480 e. The number of likely N-dealkylation sites (tertiary alicyclic amines) is 1. The Labute approximate surface area is 196 Å². The van der Waals surface area contributed by atoms with Crippen molar-refractivity contribution in [3.8, 4) is 0 Å². The number of nitrogens with one attached hydrogen (secondary N) is 2. The first-order valence-electron chi connectivity index (χ1n) is 10.9. The lowest BCUT2D eigenvalue weighted by Gasteiger charge is -2.30. The third kappa shape index (κ3) is 7.25. The predicted molar refractivity (Wildman–Crippen MR) is 120 cm³/mol. The van der Waals surface area contributed by atoms with Crippen molar-refractivity contribution in [1.29, 1.82) is 0 Å². The highest BCUT2D eigenvalue weighted by Crippen LogP contribution is 2.20. The molecule has 0 saturated carbocycles. The molecule has 0 radical (unpaired) electrons. The lowest BCUT2D eigenvalue weighted by atomic mass is 10.0. The minimum atomic E-state index is -1.52. The first-order valence-corrected chi connectivity index (χ1v) is 10.9. The van der Waals surface area contributed by atoms with Gasteiger partial charge in [0.05, 0.1) is 12.5 Å². The SMILES string of the molecule is CC(O)C(N)C(=O)NC(Cc1ccccc1)C(=O)N1CCCC1C(=O)NC(CC(N)=O)C(=O)O. The van der Waals surface area contributed by atoms with E-state index in [2.05, 4.69) is 10.6 Å². The zero-order valence-corrected chi connectivity index (χ0v) is 18.8. The molecule has 8 N–H and O–H groups in total. The van der Waals surface area contributed by atoms with Crippen molar-refractivity contribution in [3.63, 3.8) is 0 Å². The number of carboxylic acids is 1. The number of hydrogen-bond acceptors (Lipinski definition) is 7. The normalized spacial score (nSPS) is 18.9. The molecule has 5 unspecified atom stereocenters. The molecule has 1 aliphatic rings. The fraction of sp³-hybridized carbons (Fsp3) is 0.500. The molecule has 1 aromatic rings. The third-order valence-electron chi connectivity index (χ3n) is 5.58. The van der Waals surface area contributed by atoms with Crippen molar-refractivity contribution in [2.45, 2.75) is 62.9 Å². The van der Waals surface area contributed by atoms with Gasteiger partial charge in [-0.1, -0.05) is 30.3 Å². The van der Waals surface area contributed by atoms with Crippen LogP contribution in [0.5, 0.6) is 0 Å². The first kappa shape index (κ1) is 26.7. The Hall–Kier alpha value is -3.51. The number of benzene rings is 1. The van der Waals surface area contributed by atoms with Gasteiger partial charge in [0, 0.05) is 13.0 Å². The molecule has 4 amide bonds. The third-order valence-corrected chi connectivity index (χ3v) is 5.58. The molecule has 34 heavy (non-hydrogen) atoms. The van der Waals surface area contributed by atoms with Crippen LogP contribution < -0.4 is 22.1 Å². The van der Waals surface area contributed by atoms with Gasteiger partial charge < -0.3 is 37.2 Å². The second-order valence-electron chi connectivity index (χ2n) is 8.28. The molecule has 2 rings (SSSR count). The number of primary amides is 1. The molecule has 12 nitrogen and oxygen atoms in total. The number of carboxylic acid groups (broad SMARTS) is 1.